The molecule has 1 aromatic heterocycles. The molecular weight excluding hydrogens is 450 g/mol. The third-order valence-corrected chi connectivity index (χ3v) is 7.03. The van der Waals surface area contributed by atoms with Crippen LogP contribution >= 0.6 is 23.4 Å². The average molecular weight is 476 g/mol. The van der Waals surface area contributed by atoms with Crippen molar-refractivity contribution < 1.29 is 19.1 Å². The third-order valence-electron chi connectivity index (χ3n) is 6.21. The fraction of sp³-hybridized carbons (Fsp3) is 0.478. The Kier molecular flexibility index (Phi) is 7.20. The summed E-state index contributed by atoms with van der Waals surface area (Å²) in [6.45, 7) is 0.726. The van der Waals surface area contributed by atoms with E-state index in [1.807, 2.05) is 18.4 Å². The second-order valence-corrected chi connectivity index (χ2v) is 9.21. The Balaban J connectivity index is 1.46. The zero-order valence-corrected chi connectivity index (χ0v) is 19.7. The molecule has 9 heteroatoms. The number of hydrogen-bond acceptors (Lipinski definition) is 7. The fourth-order valence-electron chi connectivity index (χ4n) is 4.43. The number of thioether (sulfide) groups is 1. The number of aromatic nitrogens is 2. The maximum Gasteiger partial charge on any atom is 0.305 e. The average Bonchev–Trinajstić information content (AvgIpc) is 2.98. The summed E-state index contributed by atoms with van der Waals surface area (Å²) < 4.78 is 10.5. The normalized spacial score (nSPS) is 20.8. The van der Waals surface area contributed by atoms with Gasteiger partial charge in [-0.3, -0.25) is 9.59 Å². The van der Waals surface area contributed by atoms with E-state index in [2.05, 4.69) is 22.1 Å². The van der Waals surface area contributed by atoms with Crippen molar-refractivity contribution in [2.75, 3.05) is 31.4 Å². The summed E-state index contributed by atoms with van der Waals surface area (Å²) >= 11 is 7.65. The number of carbonyl (C=O) groups is 2. The topological polar surface area (TPSA) is 81.6 Å². The Morgan fingerprint density at radius 1 is 1.22 bits per heavy atom. The van der Waals surface area contributed by atoms with Gasteiger partial charge in [0.1, 0.15) is 17.3 Å². The highest BCUT2D eigenvalue weighted by molar-refractivity contribution is 7.98. The van der Waals surface area contributed by atoms with Crippen LogP contribution in [-0.2, 0) is 9.53 Å². The summed E-state index contributed by atoms with van der Waals surface area (Å²) in [5.74, 6) is 0.732. The van der Waals surface area contributed by atoms with E-state index in [1.165, 1.54) is 24.4 Å². The van der Waals surface area contributed by atoms with Crippen LogP contribution < -0.4 is 9.64 Å². The van der Waals surface area contributed by atoms with Gasteiger partial charge in [0.25, 0.3) is 5.91 Å². The lowest BCUT2D eigenvalue weighted by molar-refractivity contribution is -0.142. The van der Waals surface area contributed by atoms with Crippen LogP contribution in [-0.4, -0.2) is 48.4 Å². The Morgan fingerprint density at radius 3 is 2.59 bits per heavy atom. The van der Waals surface area contributed by atoms with Gasteiger partial charge in [0.05, 0.1) is 13.7 Å². The second-order valence-electron chi connectivity index (χ2n) is 8.08. The molecule has 2 heterocycles. The van der Waals surface area contributed by atoms with Crippen molar-refractivity contribution in [1.82, 2.24) is 9.97 Å². The molecule has 0 N–H and O–H groups in total. The molecule has 7 nitrogen and oxygen atoms in total. The quantitative estimate of drug-likeness (QED) is 0.267. The number of carbonyl (C=O) groups excluding carboxylic acids is 2. The van der Waals surface area contributed by atoms with Gasteiger partial charge in [0.15, 0.2) is 5.16 Å². The number of hydrogen-bond donors (Lipinski definition) is 0. The van der Waals surface area contributed by atoms with E-state index < -0.39 is 0 Å². The van der Waals surface area contributed by atoms with Crippen molar-refractivity contribution in [2.24, 2.45) is 5.92 Å². The summed E-state index contributed by atoms with van der Waals surface area (Å²) in [5, 5.41) is 0.581. The van der Waals surface area contributed by atoms with Crippen LogP contribution in [0.3, 0.4) is 0 Å². The summed E-state index contributed by atoms with van der Waals surface area (Å²) in [4.78, 5) is 34.9. The molecule has 0 unspecified atom stereocenters. The minimum Gasteiger partial charge on any atom is -0.475 e. The van der Waals surface area contributed by atoms with Gasteiger partial charge in [-0.15, -0.1) is 0 Å². The number of ether oxygens (including phenoxy) is 2. The Hall–Kier alpha value is -2.32. The molecule has 1 amide bonds. The van der Waals surface area contributed by atoms with E-state index in [4.69, 9.17) is 21.1 Å². The summed E-state index contributed by atoms with van der Waals surface area (Å²) in [5.41, 5.74) is 2.25. The number of amides is 1. The first-order chi connectivity index (χ1) is 15.5. The van der Waals surface area contributed by atoms with Crippen LogP contribution in [0.1, 0.15) is 53.9 Å². The molecule has 0 saturated heterocycles. The van der Waals surface area contributed by atoms with E-state index in [-0.39, 0.29) is 28.5 Å². The number of halogens is 1. The number of esters is 1. The SMILES string of the molecule is COC(=O)C[C@H]1CC[C@H](c2ccc(N3CCOc4nc(SC)nc(Cl)c4C3=O)cc2)CC1. The summed E-state index contributed by atoms with van der Waals surface area (Å²) in [6.07, 6.45) is 6.50. The zero-order valence-electron chi connectivity index (χ0n) is 18.2. The van der Waals surface area contributed by atoms with Crippen molar-refractivity contribution >= 4 is 40.9 Å². The van der Waals surface area contributed by atoms with Crippen molar-refractivity contribution in [3.63, 3.8) is 0 Å². The highest BCUT2D eigenvalue weighted by Gasteiger charge is 2.30. The Bertz CT molecular complexity index is 993. The minimum atomic E-state index is -0.258. The van der Waals surface area contributed by atoms with Crippen molar-refractivity contribution in [2.45, 2.75) is 43.2 Å². The summed E-state index contributed by atoms with van der Waals surface area (Å²) in [6, 6.07) is 8.14. The third kappa shape index (κ3) is 4.86. The van der Waals surface area contributed by atoms with Crippen LogP contribution in [0.2, 0.25) is 5.15 Å². The largest absolute Gasteiger partial charge is 0.475 e. The van der Waals surface area contributed by atoms with E-state index in [9.17, 15) is 9.59 Å². The van der Waals surface area contributed by atoms with E-state index >= 15 is 0 Å². The maximum absolute atomic E-state index is 13.2. The molecular formula is C23H26ClN3O4S. The molecule has 32 heavy (non-hydrogen) atoms. The van der Waals surface area contributed by atoms with Crippen LogP contribution in [0.25, 0.3) is 0 Å². The van der Waals surface area contributed by atoms with Crippen molar-refractivity contribution in [3.8, 4) is 5.88 Å². The molecule has 2 aromatic rings. The van der Waals surface area contributed by atoms with Gasteiger partial charge in [-0.2, -0.15) is 4.98 Å². The molecule has 1 aliphatic heterocycles. The maximum atomic E-state index is 13.2. The number of anilines is 1. The molecule has 170 valence electrons. The van der Waals surface area contributed by atoms with Gasteiger partial charge < -0.3 is 14.4 Å². The number of rotatable bonds is 5. The van der Waals surface area contributed by atoms with E-state index in [0.29, 0.717) is 36.6 Å². The standard InChI is InChI=1S/C23H26ClN3O4S/c1-30-18(28)13-14-3-5-15(6-4-14)16-7-9-17(10-8-16)27-11-12-31-21-19(22(27)29)20(24)25-23(26-21)32-2/h7-10,14-15H,3-6,11-13H2,1-2H3/t14-,15-. The van der Waals surface area contributed by atoms with Gasteiger partial charge in [0, 0.05) is 12.1 Å². The molecule has 0 spiro atoms. The number of fused-ring (bicyclic) bond motifs is 1. The van der Waals surface area contributed by atoms with Gasteiger partial charge >= 0.3 is 5.97 Å². The lowest BCUT2D eigenvalue weighted by Gasteiger charge is -2.28. The van der Waals surface area contributed by atoms with Crippen molar-refractivity contribution in [1.29, 1.82) is 0 Å². The predicted molar refractivity (Wildman–Crippen MR) is 124 cm³/mol. The molecule has 4 rings (SSSR count). The van der Waals surface area contributed by atoms with Crippen LogP contribution in [0.15, 0.2) is 29.4 Å². The molecule has 1 fully saturated rings. The number of methoxy groups -OCH3 is 1. The van der Waals surface area contributed by atoms with Gasteiger partial charge in [0.2, 0.25) is 5.88 Å². The Morgan fingerprint density at radius 2 is 1.94 bits per heavy atom. The monoisotopic (exact) mass is 475 g/mol. The first-order valence-electron chi connectivity index (χ1n) is 10.7. The number of benzene rings is 1. The highest BCUT2D eigenvalue weighted by Crippen LogP contribution is 2.38. The number of nitrogens with zero attached hydrogens (tertiary/aromatic N) is 3. The second kappa shape index (κ2) is 10.1. The van der Waals surface area contributed by atoms with Crippen LogP contribution in [0, 0.1) is 5.92 Å². The molecule has 0 bridgehead atoms. The molecule has 1 saturated carbocycles. The lowest BCUT2D eigenvalue weighted by Crippen LogP contribution is -2.32. The minimum absolute atomic E-state index is 0.108. The first-order valence-corrected chi connectivity index (χ1v) is 12.3. The molecule has 0 atom stereocenters. The Labute approximate surface area is 196 Å². The molecule has 2 aliphatic rings. The van der Waals surface area contributed by atoms with Crippen LogP contribution in [0.5, 0.6) is 5.88 Å². The first kappa shape index (κ1) is 22.9. The summed E-state index contributed by atoms with van der Waals surface area (Å²) in [7, 11) is 1.44. The smallest absolute Gasteiger partial charge is 0.305 e. The fourth-order valence-corrected chi connectivity index (χ4v) is 5.08. The van der Waals surface area contributed by atoms with Crippen molar-refractivity contribution in [3.05, 3.63) is 40.5 Å². The van der Waals surface area contributed by atoms with Gasteiger partial charge in [-0.1, -0.05) is 35.5 Å². The lowest BCUT2D eigenvalue weighted by atomic mass is 9.77. The molecule has 1 aliphatic carbocycles. The molecule has 0 radical (unpaired) electrons. The van der Waals surface area contributed by atoms with Gasteiger partial charge in [-0.05, 0) is 61.5 Å². The van der Waals surface area contributed by atoms with Gasteiger partial charge in [-0.25, -0.2) is 4.98 Å². The predicted octanol–water partition coefficient (Wildman–Crippen LogP) is 4.73. The highest BCUT2D eigenvalue weighted by atomic mass is 35.5. The van der Waals surface area contributed by atoms with E-state index in [1.54, 1.807) is 4.90 Å². The zero-order chi connectivity index (χ0) is 22.7. The van der Waals surface area contributed by atoms with E-state index in [0.717, 1.165) is 31.4 Å². The van der Waals surface area contributed by atoms with Crippen LogP contribution in [0.4, 0.5) is 5.69 Å². The molecule has 1 aromatic carbocycles.